The van der Waals surface area contributed by atoms with E-state index in [-0.39, 0.29) is 23.8 Å². The lowest BCUT2D eigenvalue weighted by Crippen LogP contribution is -2.28. The predicted molar refractivity (Wildman–Crippen MR) is 106 cm³/mol. The Balaban J connectivity index is 1.64. The maximum atomic E-state index is 12.3. The molecule has 1 atom stereocenters. The molecule has 2 aromatic rings. The number of nitrogens with one attached hydrogen (secondary N) is 2. The highest BCUT2D eigenvalue weighted by Gasteiger charge is 2.32. The van der Waals surface area contributed by atoms with Gasteiger partial charge in [-0.15, -0.1) is 0 Å². The molecule has 2 N–H and O–H groups in total. The summed E-state index contributed by atoms with van der Waals surface area (Å²) in [4.78, 5) is 39.1. The Labute approximate surface area is 164 Å². The fourth-order valence-electron chi connectivity index (χ4n) is 2.48. The number of hydrogen-bond donors (Lipinski definition) is 2. The van der Waals surface area contributed by atoms with Crippen LogP contribution in [0, 0.1) is 10.1 Å². The first-order valence-corrected chi connectivity index (χ1v) is 9.08. The Hall–Kier alpha value is -3.40. The van der Waals surface area contributed by atoms with Crippen LogP contribution >= 0.6 is 11.8 Å². The summed E-state index contributed by atoms with van der Waals surface area (Å²) in [5.41, 5.74) is 0.841. The number of nitro groups is 1. The molecule has 1 saturated heterocycles. The van der Waals surface area contributed by atoms with E-state index in [1.165, 1.54) is 37.1 Å². The van der Waals surface area contributed by atoms with Gasteiger partial charge in [0.25, 0.3) is 5.69 Å². The number of carbonyl (C=O) groups excluding carboxylic acids is 2. The Kier molecular flexibility index (Phi) is 5.90. The molecular formula is C18H16N4O5S. The molecule has 0 spiro atoms. The summed E-state index contributed by atoms with van der Waals surface area (Å²) in [6.45, 7) is 0. The Morgan fingerprint density at radius 3 is 2.75 bits per heavy atom. The van der Waals surface area contributed by atoms with Crippen LogP contribution in [0.3, 0.4) is 0 Å². The summed E-state index contributed by atoms with van der Waals surface area (Å²) in [6.07, 6.45) is -0.0789. The molecule has 10 heteroatoms. The van der Waals surface area contributed by atoms with Crippen LogP contribution < -0.4 is 15.4 Å². The smallest absolute Gasteiger partial charge is 0.273 e. The molecule has 1 heterocycles. The van der Waals surface area contributed by atoms with Crippen molar-refractivity contribution in [2.45, 2.75) is 11.7 Å². The van der Waals surface area contributed by atoms with Crippen molar-refractivity contribution in [3.8, 4) is 5.75 Å². The molecule has 0 unspecified atom stereocenters. The monoisotopic (exact) mass is 400 g/mol. The van der Waals surface area contributed by atoms with Crippen LogP contribution in [-0.4, -0.2) is 34.3 Å². The second-order valence-electron chi connectivity index (χ2n) is 5.74. The lowest BCUT2D eigenvalue weighted by Gasteiger charge is -2.11. The first-order chi connectivity index (χ1) is 13.5. The number of rotatable bonds is 6. The van der Waals surface area contributed by atoms with Crippen molar-refractivity contribution in [3.05, 3.63) is 58.6 Å². The number of amidine groups is 1. The molecule has 0 radical (unpaired) electrons. The number of ether oxygens (including phenoxy) is 1. The number of non-ortho nitro benzene ring substituents is 1. The van der Waals surface area contributed by atoms with E-state index < -0.39 is 16.1 Å². The molecule has 1 aliphatic heterocycles. The van der Waals surface area contributed by atoms with E-state index in [0.29, 0.717) is 16.5 Å². The highest BCUT2D eigenvalue weighted by molar-refractivity contribution is 8.15. The van der Waals surface area contributed by atoms with Gasteiger partial charge in [0.15, 0.2) is 5.17 Å². The van der Waals surface area contributed by atoms with Gasteiger partial charge in [-0.25, -0.2) is 4.99 Å². The van der Waals surface area contributed by atoms with Gasteiger partial charge in [0.1, 0.15) is 11.0 Å². The zero-order valence-corrected chi connectivity index (χ0v) is 15.6. The molecule has 2 aromatic carbocycles. The van der Waals surface area contributed by atoms with Crippen LogP contribution in [0.1, 0.15) is 6.42 Å². The van der Waals surface area contributed by atoms with Crippen molar-refractivity contribution in [2.24, 2.45) is 4.99 Å². The summed E-state index contributed by atoms with van der Waals surface area (Å²) in [7, 11) is 1.35. The topological polar surface area (TPSA) is 123 Å². The van der Waals surface area contributed by atoms with Crippen LogP contribution in [0.2, 0.25) is 0 Å². The molecule has 2 amide bonds. The molecular weight excluding hydrogens is 384 g/mol. The zero-order valence-electron chi connectivity index (χ0n) is 14.7. The van der Waals surface area contributed by atoms with Crippen LogP contribution in [0.15, 0.2) is 53.5 Å². The third-order valence-corrected chi connectivity index (χ3v) is 4.89. The Morgan fingerprint density at radius 2 is 2.07 bits per heavy atom. The molecule has 28 heavy (non-hydrogen) atoms. The third-order valence-electron chi connectivity index (χ3n) is 3.80. The highest BCUT2D eigenvalue weighted by atomic mass is 32.2. The minimum Gasteiger partial charge on any atom is -0.494 e. The zero-order chi connectivity index (χ0) is 20.1. The first-order valence-electron chi connectivity index (χ1n) is 8.20. The van der Waals surface area contributed by atoms with E-state index in [1.807, 2.05) is 18.2 Å². The molecule has 144 valence electrons. The van der Waals surface area contributed by atoms with Gasteiger partial charge in [-0.3, -0.25) is 19.7 Å². The van der Waals surface area contributed by atoms with E-state index in [0.717, 1.165) is 0 Å². The van der Waals surface area contributed by atoms with Crippen LogP contribution in [0.4, 0.5) is 17.1 Å². The van der Waals surface area contributed by atoms with Crippen molar-refractivity contribution in [1.29, 1.82) is 0 Å². The van der Waals surface area contributed by atoms with E-state index in [4.69, 9.17) is 4.74 Å². The predicted octanol–water partition coefficient (Wildman–Crippen LogP) is 2.85. The molecule has 0 aliphatic carbocycles. The number of anilines is 1. The lowest BCUT2D eigenvalue weighted by atomic mass is 10.2. The minimum atomic E-state index is -0.619. The number of hydrogen-bond acceptors (Lipinski definition) is 7. The largest absolute Gasteiger partial charge is 0.494 e. The molecule has 9 nitrogen and oxygen atoms in total. The number of benzene rings is 2. The van der Waals surface area contributed by atoms with Gasteiger partial charge in [0.05, 0.1) is 29.5 Å². The van der Waals surface area contributed by atoms with E-state index in [2.05, 4.69) is 15.6 Å². The molecule has 0 aromatic heterocycles. The van der Waals surface area contributed by atoms with E-state index in [9.17, 15) is 19.7 Å². The van der Waals surface area contributed by atoms with Gasteiger partial charge < -0.3 is 15.4 Å². The maximum Gasteiger partial charge on any atom is 0.273 e. The Morgan fingerprint density at radius 1 is 1.32 bits per heavy atom. The minimum absolute atomic E-state index is 0.0789. The summed E-state index contributed by atoms with van der Waals surface area (Å²) >= 11 is 1.18. The van der Waals surface area contributed by atoms with Crippen molar-refractivity contribution in [1.82, 2.24) is 5.32 Å². The first kappa shape index (κ1) is 19.4. The summed E-state index contributed by atoms with van der Waals surface area (Å²) in [6, 6.07) is 13.0. The number of amides is 2. The van der Waals surface area contributed by atoms with Gasteiger partial charge in [-0.2, -0.15) is 0 Å². The number of carbonyl (C=O) groups is 2. The number of nitro benzene ring substituents is 1. The van der Waals surface area contributed by atoms with Crippen molar-refractivity contribution in [2.75, 3.05) is 12.4 Å². The van der Waals surface area contributed by atoms with Crippen molar-refractivity contribution < 1.29 is 19.2 Å². The molecule has 0 bridgehead atoms. The Bertz CT molecular complexity index is 948. The average molecular weight is 400 g/mol. The summed E-state index contributed by atoms with van der Waals surface area (Å²) in [5, 5.41) is 15.9. The van der Waals surface area contributed by atoms with Crippen LogP contribution in [0.25, 0.3) is 0 Å². The van der Waals surface area contributed by atoms with Crippen molar-refractivity contribution >= 4 is 45.8 Å². The number of nitrogens with zero attached hydrogens (tertiary/aromatic N) is 2. The quantitative estimate of drug-likeness (QED) is 0.568. The fraction of sp³-hybridized carbons (Fsp3) is 0.167. The fourth-order valence-corrected chi connectivity index (χ4v) is 3.47. The van der Waals surface area contributed by atoms with Crippen LogP contribution in [-0.2, 0) is 9.59 Å². The van der Waals surface area contributed by atoms with Crippen molar-refractivity contribution in [3.63, 3.8) is 0 Å². The maximum absolute atomic E-state index is 12.3. The second-order valence-corrected chi connectivity index (χ2v) is 6.93. The highest BCUT2D eigenvalue weighted by Crippen LogP contribution is 2.30. The lowest BCUT2D eigenvalue weighted by molar-refractivity contribution is -0.384. The molecule has 1 aliphatic rings. The molecule has 1 fully saturated rings. The van der Waals surface area contributed by atoms with Gasteiger partial charge in [-0.05, 0) is 18.2 Å². The van der Waals surface area contributed by atoms with E-state index >= 15 is 0 Å². The number of methoxy groups -OCH3 is 1. The molecule has 0 saturated carbocycles. The second kappa shape index (κ2) is 8.53. The number of aliphatic imine (C=N–C) groups is 1. The normalized spacial score (nSPS) is 17.2. The SMILES string of the molecule is COc1cc([N+](=O)[O-])ccc1NC(=O)C[C@H]1SC(=Nc2ccccc2)NC1=O. The van der Waals surface area contributed by atoms with Gasteiger partial charge in [-0.1, -0.05) is 30.0 Å². The standard InChI is InChI=1S/C18H16N4O5S/c1-27-14-9-12(22(25)26)7-8-13(14)20-16(23)10-15-17(24)21-18(28-15)19-11-5-3-2-4-6-11/h2-9,15H,10H2,1H3,(H,20,23)(H,19,21,24)/t15-/m1/s1. The van der Waals surface area contributed by atoms with Gasteiger partial charge >= 0.3 is 0 Å². The van der Waals surface area contributed by atoms with Gasteiger partial charge in [0, 0.05) is 12.5 Å². The third kappa shape index (κ3) is 4.65. The average Bonchev–Trinajstić information content (AvgIpc) is 3.01. The number of para-hydroxylation sites is 1. The molecule has 3 rings (SSSR count). The van der Waals surface area contributed by atoms with Gasteiger partial charge in [0.2, 0.25) is 11.8 Å². The summed E-state index contributed by atoms with van der Waals surface area (Å²) < 4.78 is 5.09. The van der Waals surface area contributed by atoms with E-state index in [1.54, 1.807) is 12.1 Å². The summed E-state index contributed by atoms with van der Waals surface area (Å²) in [5.74, 6) is -0.552. The van der Waals surface area contributed by atoms with Crippen LogP contribution in [0.5, 0.6) is 5.75 Å². The number of thioether (sulfide) groups is 1.